The van der Waals surface area contributed by atoms with Crippen LogP contribution < -0.4 is 0 Å². The smallest absolute Gasteiger partial charge is 0.401 e. The molecule has 0 radical (unpaired) electrons. The van der Waals surface area contributed by atoms with E-state index in [1.807, 2.05) is 0 Å². The molecule has 0 fully saturated rings. The van der Waals surface area contributed by atoms with E-state index in [1.165, 1.54) is 0 Å². The lowest BCUT2D eigenvalue weighted by atomic mass is 10.4. The highest BCUT2D eigenvalue weighted by atomic mass is 35.5. The van der Waals surface area contributed by atoms with Crippen molar-refractivity contribution in [2.75, 3.05) is 13.2 Å². The zero-order chi connectivity index (χ0) is 10.9. The van der Waals surface area contributed by atoms with Crippen molar-refractivity contribution in [1.29, 1.82) is 0 Å². The molecule has 0 atom stereocenters. The van der Waals surface area contributed by atoms with Crippen LogP contribution in [-0.2, 0) is 9.53 Å². The van der Waals surface area contributed by atoms with E-state index in [4.69, 9.17) is 15.0 Å². The molecule has 0 aliphatic rings. The average molecular weight is 211 g/mol. The van der Waals surface area contributed by atoms with Gasteiger partial charge in [0.15, 0.2) is 0 Å². The lowest BCUT2D eigenvalue weighted by Crippen LogP contribution is -2.08. The van der Waals surface area contributed by atoms with Gasteiger partial charge in [0, 0.05) is 17.2 Å². The Labute approximate surface area is 80.6 Å². The number of esters is 1. The van der Waals surface area contributed by atoms with Crippen LogP contribution in [0, 0.1) is 0 Å². The normalized spacial score (nSPS) is 7.92. The second kappa shape index (κ2) is 9.02. The molecule has 0 amide bonds. The highest BCUT2D eigenvalue weighted by molar-refractivity contribution is 6.60. The number of carboxylic acid groups (broad SMARTS) is 1. The lowest BCUT2D eigenvalue weighted by Gasteiger charge is -1.99. The van der Waals surface area contributed by atoms with Crippen LogP contribution in [0.3, 0.4) is 0 Å². The Morgan fingerprint density at radius 3 is 2.15 bits per heavy atom. The fraction of sp³-hybridized carbons (Fsp3) is 0.429. The fourth-order valence-electron chi connectivity index (χ4n) is 0.262. The topological polar surface area (TPSA) is 83.8 Å². The van der Waals surface area contributed by atoms with Crippen molar-refractivity contribution >= 4 is 23.0 Å². The standard InChI is InChI=1S/C6H10O3.CHClO2/c1-5(2)6(8)9-4-3-7;2-1(3)4/h7H,1,3-4H2,2H3;(H,3,4). The van der Waals surface area contributed by atoms with E-state index in [2.05, 4.69) is 22.9 Å². The molecule has 0 heterocycles. The highest BCUT2D eigenvalue weighted by Crippen LogP contribution is 1.89. The number of rotatable bonds is 3. The van der Waals surface area contributed by atoms with Crippen molar-refractivity contribution in [2.24, 2.45) is 0 Å². The zero-order valence-corrected chi connectivity index (χ0v) is 7.87. The molecule has 0 aromatic carbocycles. The van der Waals surface area contributed by atoms with Gasteiger partial charge in [0.2, 0.25) is 0 Å². The number of hydrogen-bond acceptors (Lipinski definition) is 4. The molecule has 0 aliphatic carbocycles. The van der Waals surface area contributed by atoms with Crippen LogP contribution >= 0.6 is 11.6 Å². The van der Waals surface area contributed by atoms with E-state index in [-0.39, 0.29) is 13.2 Å². The van der Waals surface area contributed by atoms with Crippen LogP contribution in [-0.4, -0.2) is 34.8 Å². The van der Waals surface area contributed by atoms with E-state index in [1.54, 1.807) is 6.92 Å². The number of carbonyl (C=O) groups is 2. The number of ether oxygens (including phenoxy) is 1. The fourth-order valence-corrected chi connectivity index (χ4v) is 0.262. The summed E-state index contributed by atoms with van der Waals surface area (Å²) in [6.45, 7) is 4.81. The maximum atomic E-state index is 10.5. The van der Waals surface area contributed by atoms with Gasteiger partial charge in [-0.3, -0.25) is 0 Å². The maximum Gasteiger partial charge on any atom is 0.401 e. The molecule has 0 rings (SSSR count). The van der Waals surface area contributed by atoms with E-state index in [9.17, 15) is 4.79 Å². The second-order valence-electron chi connectivity index (χ2n) is 1.89. The summed E-state index contributed by atoms with van der Waals surface area (Å²) in [5.74, 6) is -0.455. The van der Waals surface area contributed by atoms with E-state index in [0.29, 0.717) is 5.57 Å². The molecule has 0 saturated heterocycles. The van der Waals surface area contributed by atoms with Gasteiger partial charge in [-0.15, -0.1) is 0 Å². The zero-order valence-electron chi connectivity index (χ0n) is 7.12. The minimum atomic E-state index is -1.36. The average Bonchev–Trinajstić information content (AvgIpc) is 1.98. The molecule has 0 spiro atoms. The van der Waals surface area contributed by atoms with Gasteiger partial charge in [0.05, 0.1) is 6.61 Å². The Hall–Kier alpha value is -1.07. The Morgan fingerprint density at radius 1 is 1.54 bits per heavy atom. The summed E-state index contributed by atoms with van der Waals surface area (Å²) in [6, 6.07) is 0. The van der Waals surface area contributed by atoms with Gasteiger partial charge in [0.25, 0.3) is 0 Å². The molecule has 0 saturated carbocycles. The van der Waals surface area contributed by atoms with Crippen LogP contribution in [0.5, 0.6) is 0 Å². The van der Waals surface area contributed by atoms with Crippen LogP contribution in [0.25, 0.3) is 0 Å². The largest absolute Gasteiger partial charge is 0.469 e. The van der Waals surface area contributed by atoms with Crippen molar-refractivity contribution in [1.82, 2.24) is 0 Å². The van der Waals surface area contributed by atoms with Crippen LogP contribution in [0.1, 0.15) is 6.92 Å². The molecule has 0 unspecified atom stereocenters. The SMILES string of the molecule is C=C(C)C(=O)OCCO.O=C(O)Cl. The Bertz CT molecular complexity index is 185. The minimum absolute atomic E-state index is 0.0473. The minimum Gasteiger partial charge on any atom is -0.469 e. The molecule has 0 aromatic heterocycles. The Kier molecular flexibility index (Phi) is 10.0. The van der Waals surface area contributed by atoms with Gasteiger partial charge in [-0.05, 0) is 6.92 Å². The Morgan fingerprint density at radius 2 is 1.92 bits per heavy atom. The number of carbonyl (C=O) groups excluding carboxylic acids is 1. The molecule has 76 valence electrons. The summed E-state index contributed by atoms with van der Waals surface area (Å²) >= 11 is 4.19. The van der Waals surface area contributed by atoms with Crippen LogP contribution in [0.15, 0.2) is 12.2 Å². The van der Waals surface area contributed by atoms with E-state index >= 15 is 0 Å². The highest BCUT2D eigenvalue weighted by Gasteiger charge is 1.99. The van der Waals surface area contributed by atoms with E-state index in [0.717, 1.165) is 0 Å². The number of hydrogen-bond donors (Lipinski definition) is 2. The predicted octanol–water partition coefficient (Wildman–Crippen LogP) is 1.00. The van der Waals surface area contributed by atoms with Crippen molar-refractivity contribution in [3.05, 3.63) is 12.2 Å². The molecule has 5 nitrogen and oxygen atoms in total. The number of aliphatic hydroxyl groups excluding tert-OH is 1. The van der Waals surface area contributed by atoms with Gasteiger partial charge < -0.3 is 14.9 Å². The lowest BCUT2D eigenvalue weighted by molar-refractivity contribution is -0.139. The quantitative estimate of drug-likeness (QED) is 0.413. The number of halogens is 1. The van der Waals surface area contributed by atoms with Crippen molar-refractivity contribution in [2.45, 2.75) is 6.92 Å². The second-order valence-corrected chi connectivity index (χ2v) is 2.22. The molecular weight excluding hydrogens is 200 g/mol. The summed E-state index contributed by atoms with van der Waals surface area (Å²) in [5.41, 5.74) is -1.01. The third-order valence-corrected chi connectivity index (χ3v) is 0.673. The molecule has 2 N–H and O–H groups in total. The van der Waals surface area contributed by atoms with E-state index < -0.39 is 11.4 Å². The first kappa shape index (κ1) is 14.5. The van der Waals surface area contributed by atoms with Gasteiger partial charge >= 0.3 is 11.4 Å². The van der Waals surface area contributed by atoms with Crippen molar-refractivity contribution in [3.63, 3.8) is 0 Å². The predicted molar refractivity (Wildman–Crippen MR) is 46.7 cm³/mol. The monoisotopic (exact) mass is 210 g/mol. The summed E-state index contributed by atoms with van der Waals surface area (Å²) in [6.07, 6.45) is 0. The summed E-state index contributed by atoms with van der Waals surface area (Å²) in [4.78, 5) is 19.2. The summed E-state index contributed by atoms with van der Waals surface area (Å²) in [5, 5.41) is 15.4. The first-order chi connectivity index (χ1) is 5.91. The van der Waals surface area contributed by atoms with Gasteiger partial charge in [-0.1, -0.05) is 6.58 Å². The Balaban J connectivity index is 0. The first-order valence-corrected chi connectivity index (χ1v) is 3.61. The first-order valence-electron chi connectivity index (χ1n) is 3.23. The molecule has 13 heavy (non-hydrogen) atoms. The van der Waals surface area contributed by atoms with Gasteiger partial charge in [-0.2, -0.15) is 0 Å². The third kappa shape index (κ3) is 18.1. The van der Waals surface area contributed by atoms with Crippen LogP contribution in [0.4, 0.5) is 4.79 Å². The molecule has 6 heteroatoms. The maximum absolute atomic E-state index is 10.5. The van der Waals surface area contributed by atoms with Crippen LogP contribution in [0.2, 0.25) is 0 Å². The summed E-state index contributed by atoms with van der Waals surface area (Å²) < 4.78 is 4.46. The molecular formula is C7H11ClO5. The van der Waals surface area contributed by atoms with Gasteiger partial charge in [0.1, 0.15) is 6.61 Å². The van der Waals surface area contributed by atoms with Gasteiger partial charge in [-0.25, -0.2) is 9.59 Å². The number of aliphatic hydroxyl groups is 1. The van der Waals surface area contributed by atoms with Crippen molar-refractivity contribution in [3.8, 4) is 0 Å². The van der Waals surface area contributed by atoms with Crippen molar-refractivity contribution < 1.29 is 24.5 Å². The third-order valence-electron chi connectivity index (χ3n) is 0.673. The molecule has 0 aromatic rings. The summed E-state index contributed by atoms with van der Waals surface area (Å²) in [7, 11) is 0. The molecule has 0 bridgehead atoms. The molecule has 0 aliphatic heterocycles.